The van der Waals surface area contributed by atoms with E-state index in [1.54, 1.807) is 6.08 Å². The number of nitrogens with one attached hydrogen (secondary N) is 1. The molecule has 0 aromatic heterocycles. The van der Waals surface area contributed by atoms with Gasteiger partial charge in [-0.05, 0) is 109 Å². The molecule has 0 aromatic carbocycles. The highest BCUT2D eigenvalue weighted by Gasteiger charge is 2.44. The van der Waals surface area contributed by atoms with Gasteiger partial charge in [0.25, 0.3) is 0 Å². The number of carbonyl (C=O) groups excluding carboxylic acids is 1. The van der Waals surface area contributed by atoms with Crippen LogP contribution in [0.3, 0.4) is 0 Å². The van der Waals surface area contributed by atoms with Crippen molar-refractivity contribution in [2.45, 2.75) is 301 Å². The summed E-state index contributed by atoms with van der Waals surface area (Å²) in [6, 6.07) is -0.842. The van der Waals surface area contributed by atoms with Gasteiger partial charge in [-0.3, -0.25) is 4.79 Å². The molecule has 0 spiro atoms. The molecule has 1 aliphatic heterocycles. The number of allylic oxidation sites excluding steroid dienone is 25. The molecule has 9 nitrogen and oxygen atoms in total. The average molecular weight is 1180 g/mol. The molecule has 1 aliphatic rings. The predicted octanol–water partition coefficient (Wildman–Crippen LogP) is 18.7. The summed E-state index contributed by atoms with van der Waals surface area (Å²) in [6.45, 7) is 3.65. The topological polar surface area (TPSA) is 149 Å². The summed E-state index contributed by atoms with van der Waals surface area (Å²) in [5.74, 6) is -0.223. The van der Waals surface area contributed by atoms with Gasteiger partial charge >= 0.3 is 0 Å². The fraction of sp³-hybridized carbons (Fsp3) is 0.645. The molecule has 1 heterocycles. The van der Waals surface area contributed by atoms with Crippen LogP contribution in [0.5, 0.6) is 0 Å². The van der Waals surface area contributed by atoms with Gasteiger partial charge in [-0.15, -0.1) is 0 Å². The van der Waals surface area contributed by atoms with Crippen molar-refractivity contribution in [3.63, 3.8) is 0 Å². The van der Waals surface area contributed by atoms with Gasteiger partial charge in [-0.2, -0.15) is 0 Å². The van der Waals surface area contributed by atoms with Gasteiger partial charge in [0, 0.05) is 6.42 Å². The van der Waals surface area contributed by atoms with Gasteiger partial charge in [0.05, 0.1) is 25.4 Å². The summed E-state index contributed by atoms with van der Waals surface area (Å²) in [7, 11) is 0. The number of aliphatic hydroxyl groups is 5. The van der Waals surface area contributed by atoms with Crippen LogP contribution in [0.15, 0.2) is 158 Å². The number of amides is 1. The van der Waals surface area contributed by atoms with Crippen molar-refractivity contribution in [2.24, 2.45) is 0 Å². The minimum absolute atomic E-state index is 0.215. The molecule has 0 radical (unpaired) electrons. The number of aliphatic hydroxyl groups excluding tert-OH is 5. The number of ether oxygens (including phenoxy) is 2. The molecular weight excluding hydrogens is 1050 g/mol. The lowest BCUT2D eigenvalue weighted by Crippen LogP contribution is -2.60. The molecule has 7 unspecified atom stereocenters. The zero-order chi connectivity index (χ0) is 61.4. The highest BCUT2D eigenvalue weighted by Crippen LogP contribution is 2.23. The van der Waals surface area contributed by atoms with Crippen LogP contribution < -0.4 is 5.32 Å². The van der Waals surface area contributed by atoms with Gasteiger partial charge in [-0.25, -0.2) is 0 Å². The van der Waals surface area contributed by atoms with Crippen molar-refractivity contribution in [3.8, 4) is 0 Å². The third-order valence-electron chi connectivity index (χ3n) is 15.1. The molecule has 0 bridgehead atoms. The van der Waals surface area contributed by atoms with Crippen molar-refractivity contribution in [1.82, 2.24) is 5.32 Å². The zero-order valence-electron chi connectivity index (χ0n) is 53.8. The van der Waals surface area contributed by atoms with Crippen LogP contribution in [-0.2, 0) is 14.3 Å². The van der Waals surface area contributed by atoms with Gasteiger partial charge in [0.15, 0.2) is 6.29 Å². The van der Waals surface area contributed by atoms with Crippen LogP contribution in [0, 0.1) is 0 Å². The Kier molecular flexibility index (Phi) is 58.3. The minimum atomic E-state index is -1.59. The molecular formula is C76H125NO8. The van der Waals surface area contributed by atoms with Gasteiger partial charge in [-0.1, -0.05) is 300 Å². The second-order valence-electron chi connectivity index (χ2n) is 22.9. The monoisotopic (exact) mass is 1180 g/mol. The van der Waals surface area contributed by atoms with Crippen LogP contribution in [0.4, 0.5) is 0 Å². The van der Waals surface area contributed by atoms with E-state index in [9.17, 15) is 30.3 Å². The Morgan fingerprint density at radius 2 is 0.729 bits per heavy atom. The SMILES string of the molecule is CC/C=C\C/C=C\C/C=C\C/C=C\C/C=C\C/C=C\C/C=C\C/C=C\C/C=C\C/C=C\C/C=C\C/C=C\CCCCC(=O)NC(COC1OC(CO)C(O)C(O)C1O)C(O)/C=C/CCCCCCCCCCCCCCCCCCCCCCC. The Labute approximate surface area is 520 Å². The Morgan fingerprint density at radius 3 is 1.08 bits per heavy atom. The molecule has 85 heavy (non-hydrogen) atoms. The number of unbranched alkanes of at least 4 members (excludes halogenated alkanes) is 23. The van der Waals surface area contributed by atoms with Gasteiger partial charge in [0.1, 0.15) is 24.4 Å². The maximum absolute atomic E-state index is 13.1. The number of carbonyl (C=O) groups is 1. The van der Waals surface area contributed by atoms with Crippen LogP contribution >= 0.6 is 0 Å². The second-order valence-corrected chi connectivity index (χ2v) is 22.9. The first kappa shape index (κ1) is 78.8. The van der Waals surface area contributed by atoms with Crippen molar-refractivity contribution in [2.75, 3.05) is 13.2 Å². The summed E-state index contributed by atoms with van der Waals surface area (Å²) in [5, 5.41) is 54.7. The maximum Gasteiger partial charge on any atom is 0.220 e. The van der Waals surface area contributed by atoms with Gasteiger partial charge in [0.2, 0.25) is 5.91 Å². The third-order valence-corrected chi connectivity index (χ3v) is 15.1. The van der Waals surface area contributed by atoms with Crippen LogP contribution in [-0.4, -0.2) is 87.5 Å². The molecule has 9 heteroatoms. The van der Waals surface area contributed by atoms with Crippen LogP contribution in [0.1, 0.15) is 258 Å². The molecule has 7 atom stereocenters. The lowest BCUT2D eigenvalue weighted by molar-refractivity contribution is -0.302. The van der Waals surface area contributed by atoms with E-state index in [1.807, 2.05) is 6.08 Å². The first-order valence-corrected chi connectivity index (χ1v) is 34.2. The number of hydrogen-bond donors (Lipinski definition) is 6. The van der Waals surface area contributed by atoms with E-state index in [0.29, 0.717) is 6.42 Å². The summed E-state index contributed by atoms with van der Waals surface area (Å²) < 4.78 is 11.3. The van der Waals surface area contributed by atoms with Crippen molar-refractivity contribution < 1.29 is 39.8 Å². The predicted molar refractivity (Wildman–Crippen MR) is 363 cm³/mol. The Bertz CT molecular complexity index is 1900. The van der Waals surface area contributed by atoms with Crippen molar-refractivity contribution in [3.05, 3.63) is 158 Å². The molecule has 1 saturated heterocycles. The molecule has 1 fully saturated rings. The average Bonchev–Trinajstić information content (AvgIpc) is 3.66. The minimum Gasteiger partial charge on any atom is -0.394 e. The van der Waals surface area contributed by atoms with E-state index < -0.39 is 49.5 Å². The molecule has 0 aliphatic carbocycles. The van der Waals surface area contributed by atoms with Crippen LogP contribution in [0.25, 0.3) is 0 Å². The second kappa shape index (κ2) is 62.8. The third kappa shape index (κ3) is 51.6. The fourth-order valence-corrected chi connectivity index (χ4v) is 9.79. The normalized spacial score (nSPS) is 19.2. The van der Waals surface area contributed by atoms with E-state index >= 15 is 0 Å². The molecule has 1 amide bonds. The quantitative estimate of drug-likeness (QED) is 0.0261. The van der Waals surface area contributed by atoms with Crippen molar-refractivity contribution in [1.29, 1.82) is 0 Å². The van der Waals surface area contributed by atoms with Crippen molar-refractivity contribution >= 4 is 5.91 Å². The van der Waals surface area contributed by atoms with E-state index in [4.69, 9.17) is 9.47 Å². The van der Waals surface area contributed by atoms with Crippen LogP contribution in [0.2, 0.25) is 0 Å². The van der Waals surface area contributed by atoms with E-state index in [-0.39, 0.29) is 18.9 Å². The Morgan fingerprint density at radius 1 is 0.412 bits per heavy atom. The van der Waals surface area contributed by atoms with Gasteiger partial charge < -0.3 is 40.3 Å². The highest BCUT2D eigenvalue weighted by atomic mass is 16.7. The molecule has 482 valence electrons. The molecule has 6 N–H and O–H groups in total. The standard InChI is InChI=1S/C76H125NO8/c1-3-5-7-9-11-13-15-17-19-21-23-25-27-28-29-30-31-32-33-34-35-36-37-38-39-40-41-42-44-46-48-50-52-54-56-58-60-62-64-66-72(80)77-69(68-84-76-75(83)74(82)73(81)71(67-78)85-76)70(79)65-63-61-59-57-55-53-51-49-47-45-43-26-24-22-20-18-16-14-12-10-8-6-4-2/h5,7,11,13,17,19,23,25,28-29,31-32,34-35,37-38,40-41,44,46,50,52,56,58,63,65,69-71,73-76,78-79,81-83H,3-4,6,8-10,12,14-16,18,20-22,24,26-27,30,33,36,39,42-43,45,47-49,51,53-55,57,59-62,64,66-68H2,1-2H3,(H,77,80)/b7-5-,13-11-,19-17-,25-23-,29-28-,32-31-,35-34-,38-37-,41-40-,46-44-,52-50-,58-56-,65-63+. The first-order chi connectivity index (χ1) is 41.8. The Balaban J connectivity index is 2.23. The smallest absolute Gasteiger partial charge is 0.220 e. The van der Waals surface area contributed by atoms with E-state index in [1.165, 1.54) is 122 Å². The lowest BCUT2D eigenvalue weighted by Gasteiger charge is -2.40. The molecule has 0 saturated carbocycles. The summed E-state index contributed by atoms with van der Waals surface area (Å²) in [6.07, 6.45) is 91.9. The lowest BCUT2D eigenvalue weighted by atomic mass is 9.99. The molecule has 1 rings (SSSR count). The summed E-state index contributed by atoms with van der Waals surface area (Å²) >= 11 is 0. The molecule has 0 aromatic rings. The highest BCUT2D eigenvalue weighted by molar-refractivity contribution is 5.76. The number of rotatable bonds is 57. The van der Waals surface area contributed by atoms with E-state index in [2.05, 4.69) is 165 Å². The number of hydrogen-bond acceptors (Lipinski definition) is 8. The maximum atomic E-state index is 13.1. The zero-order valence-corrected chi connectivity index (χ0v) is 53.8. The first-order valence-electron chi connectivity index (χ1n) is 34.2. The summed E-state index contributed by atoms with van der Waals surface area (Å²) in [4.78, 5) is 13.1. The summed E-state index contributed by atoms with van der Waals surface area (Å²) in [5.41, 5.74) is 0. The largest absolute Gasteiger partial charge is 0.394 e. The Hall–Kier alpha value is -4.19. The van der Waals surface area contributed by atoms with E-state index in [0.717, 1.165) is 109 Å². The fourth-order valence-electron chi connectivity index (χ4n) is 9.79.